The summed E-state index contributed by atoms with van der Waals surface area (Å²) in [5.74, 6) is 0.961. The summed E-state index contributed by atoms with van der Waals surface area (Å²) in [5.41, 5.74) is 1.98. The first-order valence-corrected chi connectivity index (χ1v) is 8.74. The number of anilines is 1. The molecule has 1 aromatic heterocycles. The minimum atomic E-state index is -0.124. The minimum absolute atomic E-state index is 0.124. The molecule has 0 saturated carbocycles. The molecule has 3 atom stereocenters. The van der Waals surface area contributed by atoms with Crippen LogP contribution >= 0.6 is 0 Å². The predicted octanol–water partition coefficient (Wildman–Crippen LogP) is 3.00. The summed E-state index contributed by atoms with van der Waals surface area (Å²) in [5, 5.41) is 9.98. The van der Waals surface area contributed by atoms with E-state index >= 15 is 0 Å². The monoisotopic (exact) mass is 325 g/mol. The fraction of sp³-hybridized carbons (Fsp3) is 0.421. The van der Waals surface area contributed by atoms with E-state index in [1.807, 2.05) is 30.3 Å². The van der Waals surface area contributed by atoms with Crippen molar-refractivity contribution in [2.75, 3.05) is 11.9 Å². The molecule has 2 fully saturated rings. The molecule has 2 bridgehead atoms. The van der Waals surface area contributed by atoms with Crippen LogP contribution in [0.1, 0.15) is 36.7 Å². The number of para-hydroxylation sites is 1. The normalized spacial score (nSPS) is 25.0. The topological polar surface area (TPSA) is 66.3 Å². The molecule has 5 nitrogen and oxygen atoms in total. The number of hydrogen-bond donors (Lipinski definition) is 3. The summed E-state index contributed by atoms with van der Waals surface area (Å²) in [7, 11) is 0. The highest BCUT2D eigenvalue weighted by Gasteiger charge is 2.39. The van der Waals surface area contributed by atoms with E-state index in [1.54, 1.807) is 6.07 Å². The van der Waals surface area contributed by atoms with Gasteiger partial charge in [0, 0.05) is 35.9 Å². The van der Waals surface area contributed by atoms with Gasteiger partial charge in [-0.1, -0.05) is 12.1 Å². The number of carbonyl (C=O) groups excluding carboxylic acids is 1. The van der Waals surface area contributed by atoms with Gasteiger partial charge in [-0.15, -0.1) is 0 Å². The van der Waals surface area contributed by atoms with E-state index in [1.165, 1.54) is 6.42 Å². The molecule has 1 aromatic carbocycles. The van der Waals surface area contributed by atoms with E-state index < -0.39 is 0 Å². The van der Waals surface area contributed by atoms with Gasteiger partial charge in [-0.25, -0.2) is 0 Å². The Hall–Kier alpha value is -2.27. The van der Waals surface area contributed by atoms with Crippen molar-refractivity contribution >= 4 is 11.6 Å². The molecule has 3 heterocycles. The standard InChI is InChI=1S/C19H23N3O2/c1-2-20-14-6-4-3-5-13(14)17-9-10-18(24-17)19(23)22-16-11-12-7-8-15(16)21-12/h3-6,9-10,12,15-16,20-21H,2,7-8,11H2,1H3,(H,22,23)/t12-,15+,16-/m1/s1. The number of rotatable bonds is 5. The van der Waals surface area contributed by atoms with Crippen LogP contribution in [0.2, 0.25) is 0 Å². The Balaban J connectivity index is 1.49. The van der Waals surface area contributed by atoms with Crippen LogP contribution in [0.3, 0.4) is 0 Å². The van der Waals surface area contributed by atoms with Gasteiger partial charge < -0.3 is 20.4 Å². The molecule has 0 unspecified atom stereocenters. The van der Waals surface area contributed by atoms with E-state index in [2.05, 4.69) is 22.9 Å². The Morgan fingerprint density at radius 2 is 2.12 bits per heavy atom. The van der Waals surface area contributed by atoms with E-state index in [0.717, 1.165) is 30.6 Å². The molecule has 4 rings (SSSR count). The number of hydrogen-bond acceptors (Lipinski definition) is 4. The molecule has 0 aliphatic carbocycles. The van der Waals surface area contributed by atoms with Crippen molar-refractivity contribution in [3.05, 3.63) is 42.2 Å². The fourth-order valence-corrected chi connectivity index (χ4v) is 3.87. The lowest BCUT2D eigenvalue weighted by atomic mass is 9.95. The van der Waals surface area contributed by atoms with Gasteiger partial charge in [-0.3, -0.25) is 4.79 Å². The average Bonchev–Trinajstić information content (AvgIpc) is 3.32. The maximum absolute atomic E-state index is 12.5. The maximum atomic E-state index is 12.5. The zero-order valence-corrected chi connectivity index (χ0v) is 13.8. The number of carbonyl (C=O) groups is 1. The first-order valence-electron chi connectivity index (χ1n) is 8.74. The van der Waals surface area contributed by atoms with Crippen molar-refractivity contribution in [3.8, 4) is 11.3 Å². The lowest BCUT2D eigenvalue weighted by Gasteiger charge is -2.20. The van der Waals surface area contributed by atoms with Crippen LogP contribution in [0, 0.1) is 0 Å². The van der Waals surface area contributed by atoms with Crippen LogP contribution in [-0.2, 0) is 0 Å². The molecule has 2 aliphatic heterocycles. The Kier molecular flexibility index (Phi) is 4.02. The molecule has 0 radical (unpaired) electrons. The number of benzene rings is 1. The quantitative estimate of drug-likeness (QED) is 0.790. The summed E-state index contributed by atoms with van der Waals surface area (Å²) in [6, 6.07) is 12.8. The van der Waals surface area contributed by atoms with Gasteiger partial charge in [-0.2, -0.15) is 0 Å². The first-order chi connectivity index (χ1) is 11.7. The second-order valence-electron chi connectivity index (χ2n) is 6.60. The highest BCUT2D eigenvalue weighted by atomic mass is 16.3. The van der Waals surface area contributed by atoms with Crippen LogP contribution in [0.25, 0.3) is 11.3 Å². The summed E-state index contributed by atoms with van der Waals surface area (Å²) in [4.78, 5) is 12.5. The maximum Gasteiger partial charge on any atom is 0.287 e. The number of furan rings is 1. The van der Waals surface area contributed by atoms with Gasteiger partial charge >= 0.3 is 0 Å². The van der Waals surface area contributed by atoms with E-state index in [0.29, 0.717) is 23.6 Å². The Morgan fingerprint density at radius 1 is 1.25 bits per heavy atom. The van der Waals surface area contributed by atoms with Crippen molar-refractivity contribution < 1.29 is 9.21 Å². The lowest BCUT2D eigenvalue weighted by Crippen LogP contribution is -2.42. The van der Waals surface area contributed by atoms with Crippen LogP contribution in [0.4, 0.5) is 5.69 Å². The van der Waals surface area contributed by atoms with E-state index in [4.69, 9.17) is 4.42 Å². The smallest absolute Gasteiger partial charge is 0.287 e. The summed E-state index contributed by atoms with van der Waals surface area (Å²) in [6.45, 7) is 2.89. The summed E-state index contributed by atoms with van der Waals surface area (Å²) in [6.07, 6.45) is 3.39. The molecule has 5 heteroatoms. The minimum Gasteiger partial charge on any atom is -0.451 e. The molecule has 1 amide bonds. The number of fused-ring (bicyclic) bond motifs is 2. The lowest BCUT2D eigenvalue weighted by molar-refractivity contribution is 0.0903. The van der Waals surface area contributed by atoms with Crippen LogP contribution in [0.5, 0.6) is 0 Å². The van der Waals surface area contributed by atoms with Crippen LogP contribution in [-0.4, -0.2) is 30.6 Å². The van der Waals surface area contributed by atoms with Crippen molar-refractivity contribution in [2.45, 2.75) is 44.3 Å². The molecule has 2 aromatic rings. The van der Waals surface area contributed by atoms with Crippen LogP contribution < -0.4 is 16.0 Å². The largest absolute Gasteiger partial charge is 0.451 e. The van der Waals surface area contributed by atoms with E-state index in [-0.39, 0.29) is 11.9 Å². The van der Waals surface area contributed by atoms with E-state index in [9.17, 15) is 4.79 Å². The first kappa shape index (κ1) is 15.3. The zero-order chi connectivity index (χ0) is 16.5. The van der Waals surface area contributed by atoms with Crippen LogP contribution in [0.15, 0.2) is 40.8 Å². The third kappa shape index (κ3) is 2.80. The highest BCUT2D eigenvalue weighted by molar-refractivity contribution is 5.92. The molecular formula is C19H23N3O2. The SMILES string of the molecule is CCNc1ccccc1-c1ccc(C(=O)N[C@@H]2C[C@H]3CC[C@@H]2N3)o1. The predicted molar refractivity (Wildman–Crippen MR) is 94.1 cm³/mol. The average molecular weight is 325 g/mol. The highest BCUT2D eigenvalue weighted by Crippen LogP contribution is 2.31. The second kappa shape index (κ2) is 6.32. The third-order valence-corrected chi connectivity index (χ3v) is 5.01. The molecular weight excluding hydrogens is 302 g/mol. The van der Waals surface area contributed by atoms with Gasteiger partial charge in [0.2, 0.25) is 0 Å². The van der Waals surface area contributed by atoms with Crippen molar-refractivity contribution in [3.63, 3.8) is 0 Å². The number of nitrogens with one attached hydrogen (secondary N) is 3. The molecule has 3 N–H and O–H groups in total. The molecule has 0 spiro atoms. The Morgan fingerprint density at radius 3 is 2.88 bits per heavy atom. The molecule has 2 aliphatic rings. The van der Waals surface area contributed by atoms with Gasteiger partial charge in [0.25, 0.3) is 5.91 Å². The molecule has 24 heavy (non-hydrogen) atoms. The fourth-order valence-electron chi connectivity index (χ4n) is 3.87. The summed E-state index contributed by atoms with van der Waals surface area (Å²) >= 11 is 0. The molecule has 126 valence electrons. The van der Waals surface area contributed by atoms with Gasteiger partial charge in [0.05, 0.1) is 0 Å². The molecule has 2 saturated heterocycles. The Bertz CT molecular complexity index is 740. The van der Waals surface area contributed by atoms with Crippen molar-refractivity contribution in [2.24, 2.45) is 0 Å². The summed E-state index contributed by atoms with van der Waals surface area (Å²) < 4.78 is 5.84. The van der Waals surface area contributed by atoms with Gasteiger partial charge in [0.1, 0.15) is 5.76 Å². The Labute approximate surface area is 141 Å². The van der Waals surface area contributed by atoms with Crippen molar-refractivity contribution in [1.82, 2.24) is 10.6 Å². The second-order valence-corrected chi connectivity index (χ2v) is 6.60. The third-order valence-electron chi connectivity index (χ3n) is 5.01. The zero-order valence-electron chi connectivity index (χ0n) is 13.8. The number of amides is 1. The van der Waals surface area contributed by atoms with Crippen molar-refractivity contribution in [1.29, 1.82) is 0 Å². The van der Waals surface area contributed by atoms with Gasteiger partial charge in [-0.05, 0) is 50.5 Å². The van der Waals surface area contributed by atoms with Gasteiger partial charge in [0.15, 0.2) is 5.76 Å².